The van der Waals surface area contributed by atoms with E-state index in [2.05, 4.69) is 42.3 Å². The molecule has 0 spiro atoms. The molecule has 1 heteroatoms. The zero-order valence-electron chi connectivity index (χ0n) is 6.12. The molecular formula is C9H11N. The molecule has 2 heterocycles. The van der Waals surface area contributed by atoms with Crippen LogP contribution >= 0.6 is 0 Å². The van der Waals surface area contributed by atoms with E-state index in [1.165, 1.54) is 5.57 Å². The molecule has 0 aromatic rings. The fourth-order valence-corrected chi connectivity index (χ4v) is 1.51. The third kappa shape index (κ3) is 0.703. The maximum atomic E-state index is 2.33. The number of hydrogen-bond donors (Lipinski definition) is 0. The number of hydrogen-bond acceptors (Lipinski definition) is 1. The molecule has 2 aliphatic rings. The summed E-state index contributed by atoms with van der Waals surface area (Å²) < 4.78 is 0. The van der Waals surface area contributed by atoms with Crippen molar-refractivity contribution in [1.82, 2.24) is 4.90 Å². The molecule has 0 fully saturated rings. The van der Waals surface area contributed by atoms with Crippen molar-refractivity contribution in [3.05, 3.63) is 36.1 Å². The SMILES string of the molecule is CC1=CC=CN2CC=CC12. The highest BCUT2D eigenvalue weighted by Gasteiger charge is 2.18. The maximum absolute atomic E-state index is 2.33. The van der Waals surface area contributed by atoms with Gasteiger partial charge in [-0.3, -0.25) is 0 Å². The minimum atomic E-state index is 0.560. The van der Waals surface area contributed by atoms with Gasteiger partial charge in [-0.2, -0.15) is 0 Å². The van der Waals surface area contributed by atoms with E-state index in [1.54, 1.807) is 0 Å². The normalized spacial score (nSPS) is 28.7. The van der Waals surface area contributed by atoms with E-state index < -0.39 is 0 Å². The van der Waals surface area contributed by atoms with Crippen LogP contribution in [-0.2, 0) is 0 Å². The first kappa shape index (κ1) is 5.78. The molecule has 0 aromatic heterocycles. The van der Waals surface area contributed by atoms with E-state index in [-0.39, 0.29) is 0 Å². The van der Waals surface area contributed by atoms with Crippen molar-refractivity contribution in [2.45, 2.75) is 13.0 Å². The van der Waals surface area contributed by atoms with Gasteiger partial charge >= 0.3 is 0 Å². The van der Waals surface area contributed by atoms with Gasteiger partial charge in [-0.25, -0.2) is 0 Å². The summed E-state index contributed by atoms with van der Waals surface area (Å²) in [5.74, 6) is 0. The Morgan fingerprint density at radius 1 is 1.60 bits per heavy atom. The van der Waals surface area contributed by atoms with Crippen LogP contribution in [0.3, 0.4) is 0 Å². The molecule has 10 heavy (non-hydrogen) atoms. The second-order valence-electron chi connectivity index (χ2n) is 2.82. The lowest BCUT2D eigenvalue weighted by atomic mass is 10.1. The number of allylic oxidation sites excluding steroid dienone is 2. The molecule has 0 aliphatic carbocycles. The largest absolute Gasteiger partial charge is 0.364 e. The van der Waals surface area contributed by atoms with Crippen LogP contribution in [-0.4, -0.2) is 17.5 Å². The van der Waals surface area contributed by atoms with Gasteiger partial charge in [0.15, 0.2) is 0 Å². The molecule has 0 saturated carbocycles. The van der Waals surface area contributed by atoms with Gasteiger partial charge in [-0.05, 0) is 18.6 Å². The zero-order valence-corrected chi connectivity index (χ0v) is 6.12. The highest BCUT2D eigenvalue weighted by atomic mass is 15.1. The van der Waals surface area contributed by atoms with Crippen LogP contribution in [0.4, 0.5) is 0 Å². The average Bonchev–Trinajstić information content (AvgIpc) is 2.36. The lowest BCUT2D eigenvalue weighted by Crippen LogP contribution is -2.27. The number of rotatable bonds is 0. The van der Waals surface area contributed by atoms with Crippen LogP contribution in [0.1, 0.15) is 6.92 Å². The number of nitrogens with zero attached hydrogens (tertiary/aromatic N) is 1. The minimum Gasteiger partial charge on any atom is -0.364 e. The molecule has 1 atom stereocenters. The standard InChI is InChI=1S/C9H11N/c1-8-4-2-6-10-7-3-5-9(8)10/h2-6,9H,7H2,1H3. The topological polar surface area (TPSA) is 3.24 Å². The summed E-state index contributed by atoms with van der Waals surface area (Å²) in [6, 6.07) is 0.560. The third-order valence-corrected chi connectivity index (χ3v) is 2.10. The average molecular weight is 133 g/mol. The van der Waals surface area contributed by atoms with Gasteiger partial charge in [0.25, 0.3) is 0 Å². The summed E-state index contributed by atoms with van der Waals surface area (Å²) in [5, 5.41) is 0. The highest BCUT2D eigenvalue weighted by molar-refractivity contribution is 5.29. The Balaban J connectivity index is 2.30. The summed E-state index contributed by atoms with van der Waals surface area (Å²) in [4.78, 5) is 2.33. The summed E-state index contributed by atoms with van der Waals surface area (Å²) in [7, 11) is 0. The summed E-state index contributed by atoms with van der Waals surface area (Å²) in [5.41, 5.74) is 1.44. The van der Waals surface area contributed by atoms with Crippen molar-refractivity contribution < 1.29 is 0 Å². The van der Waals surface area contributed by atoms with Crippen molar-refractivity contribution in [2.75, 3.05) is 6.54 Å². The minimum absolute atomic E-state index is 0.560. The molecule has 0 aromatic carbocycles. The van der Waals surface area contributed by atoms with Gasteiger partial charge in [-0.15, -0.1) is 0 Å². The van der Waals surface area contributed by atoms with Crippen molar-refractivity contribution in [1.29, 1.82) is 0 Å². The molecular weight excluding hydrogens is 122 g/mol. The van der Waals surface area contributed by atoms with E-state index in [0.717, 1.165) is 6.54 Å². The molecule has 0 bridgehead atoms. The monoisotopic (exact) mass is 133 g/mol. The Morgan fingerprint density at radius 2 is 2.50 bits per heavy atom. The van der Waals surface area contributed by atoms with Gasteiger partial charge in [0.2, 0.25) is 0 Å². The van der Waals surface area contributed by atoms with Crippen LogP contribution in [0.15, 0.2) is 36.1 Å². The Bertz CT molecular complexity index is 223. The number of fused-ring (bicyclic) bond motifs is 1. The van der Waals surface area contributed by atoms with Gasteiger partial charge in [-0.1, -0.05) is 18.2 Å². The van der Waals surface area contributed by atoms with Gasteiger partial charge in [0.1, 0.15) is 0 Å². The summed E-state index contributed by atoms with van der Waals surface area (Å²) in [6.07, 6.45) is 10.9. The lowest BCUT2D eigenvalue weighted by Gasteiger charge is -2.25. The fraction of sp³-hybridized carbons (Fsp3) is 0.333. The predicted octanol–water partition coefficient (Wildman–Crippen LogP) is 1.70. The van der Waals surface area contributed by atoms with Gasteiger partial charge < -0.3 is 4.90 Å². The Hall–Kier alpha value is -0.980. The van der Waals surface area contributed by atoms with E-state index in [4.69, 9.17) is 0 Å². The molecule has 2 aliphatic heterocycles. The third-order valence-electron chi connectivity index (χ3n) is 2.10. The maximum Gasteiger partial charge on any atom is 0.0685 e. The van der Waals surface area contributed by atoms with Crippen LogP contribution < -0.4 is 0 Å². The highest BCUT2D eigenvalue weighted by Crippen LogP contribution is 2.20. The summed E-state index contributed by atoms with van der Waals surface area (Å²) >= 11 is 0. The quantitative estimate of drug-likeness (QED) is 0.455. The molecule has 52 valence electrons. The van der Waals surface area contributed by atoms with Crippen molar-refractivity contribution in [3.63, 3.8) is 0 Å². The van der Waals surface area contributed by atoms with Crippen LogP contribution in [0.5, 0.6) is 0 Å². The first-order valence-corrected chi connectivity index (χ1v) is 3.65. The van der Waals surface area contributed by atoms with Gasteiger partial charge in [0.05, 0.1) is 6.04 Å². The van der Waals surface area contributed by atoms with Gasteiger partial charge in [0, 0.05) is 12.7 Å². The Kier molecular flexibility index (Phi) is 1.16. The molecule has 1 nitrogen and oxygen atoms in total. The van der Waals surface area contributed by atoms with Crippen molar-refractivity contribution in [3.8, 4) is 0 Å². The molecule has 1 unspecified atom stereocenters. The Labute approximate surface area is 61.3 Å². The van der Waals surface area contributed by atoms with E-state index in [0.29, 0.717) is 6.04 Å². The van der Waals surface area contributed by atoms with E-state index >= 15 is 0 Å². The molecule has 0 amide bonds. The summed E-state index contributed by atoms with van der Waals surface area (Å²) in [6.45, 7) is 3.25. The van der Waals surface area contributed by atoms with Crippen LogP contribution in [0.25, 0.3) is 0 Å². The second-order valence-corrected chi connectivity index (χ2v) is 2.82. The van der Waals surface area contributed by atoms with Crippen molar-refractivity contribution >= 4 is 0 Å². The second kappa shape index (κ2) is 2.01. The Morgan fingerprint density at radius 3 is 3.30 bits per heavy atom. The van der Waals surface area contributed by atoms with E-state index in [1.807, 2.05) is 0 Å². The molecule has 0 radical (unpaired) electrons. The molecule has 2 rings (SSSR count). The smallest absolute Gasteiger partial charge is 0.0685 e. The van der Waals surface area contributed by atoms with Crippen molar-refractivity contribution in [2.24, 2.45) is 0 Å². The van der Waals surface area contributed by atoms with Crippen LogP contribution in [0, 0.1) is 0 Å². The molecule has 0 N–H and O–H groups in total. The first-order chi connectivity index (χ1) is 4.88. The predicted molar refractivity (Wildman–Crippen MR) is 42.5 cm³/mol. The van der Waals surface area contributed by atoms with Crippen LogP contribution in [0.2, 0.25) is 0 Å². The zero-order chi connectivity index (χ0) is 6.97. The fourth-order valence-electron chi connectivity index (χ4n) is 1.51. The first-order valence-electron chi connectivity index (χ1n) is 3.65. The van der Waals surface area contributed by atoms with E-state index in [9.17, 15) is 0 Å². The lowest BCUT2D eigenvalue weighted by molar-refractivity contribution is 0.405. The molecule has 0 saturated heterocycles.